The van der Waals surface area contributed by atoms with E-state index in [1.54, 1.807) is 0 Å². The molecule has 0 spiro atoms. The van der Waals surface area contributed by atoms with Crippen molar-refractivity contribution in [1.82, 2.24) is 15.1 Å². The summed E-state index contributed by atoms with van der Waals surface area (Å²) in [5, 5.41) is 3.59. The van der Waals surface area contributed by atoms with Crippen molar-refractivity contribution in [2.75, 3.05) is 39.8 Å². The second-order valence-electron chi connectivity index (χ2n) is 6.94. The standard InChI is InChI=1S/C17H35N3/c1-4-18-15(2)16-8-12-20(13-9-16)14-10-17-7-5-6-11-19(17)3/h15-18H,4-14H2,1-3H3. The van der Waals surface area contributed by atoms with Gasteiger partial charge < -0.3 is 15.1 Å². The van der Waals surface area contributed by atoms with Crippen LogP contribution >= 0.6 is 0 Å². The Morgan fingerprint density at radius 2 is 1.85 bits per heavy atom. The van der Waals surface area contributed by atoms with Gasteiger partial charge in [0.25, 0.3) is 0 Å². The van der Waals surface area contributed by atoms with Gasteiger partial charge in [-0.1, -0.05) is 13.3 Å². The van der Waals surface area contributed by atoms with Gasteiger partial charge in [-0.05, 0) is 84.7 Å². The topological polar surface area (TPSA) is 18.5 Å². The molecule has 0 aromatic rings. The lowest BCUT2D eigenvalue weighted by Gasteiger charge is -2.37. The number of hydrogen-bond donors (Lipinski definition) is 1. The predicted molar refractivity (Wildman–Crippen MR) is 87.2 cm³/mol. The fourth-order valence-electron chi connectivity index (χ4n) is 4.01. The molecule has 2 aliphatic rings. The van der Waals surface area contributed by atoms with Crippen molar-refractivity contribution in [2.24, 2.45) is 5.92 Å². The van der Waals surface area contributed by atoms with Gasteiger partial charge in [-0.3, -0.25) is 0 Å². The Hall–Kier alpha value is -0.120. The second kappa shape index (κ2) is 8.35. The highest BCUT2D eigenvalue weighted by atomic mass is 15.2. The van der Waals surface area contributed by atoms with Crippen LogP contribution in [0, 0.1) is 5.92 Å². The van der Waals surface area contributed by atoms with Crippen LogP contribution in [0.5, 0.6) is 0 Å². The van der Waals surface area contributed by atoms with Crippen LogP contribution in [0.15, 0.2) is 0 Å². The molecule has 0 aliphatic carbocycles. The minimum atomic E-state index is 0.701. The third-order valence-corrected chi connectivity index (χ3v) is 5.57. The Morgan fingerprint density at radius 3 is 2.50 bits per heavy atom. The van der Waals surface area contributed by atoms with Gasteiger partial charge in [0.2, 0.25) is 0 Å². The van der Waals surface area contributed by atoms with E-state index in [4.69, 9.17) is 0 Å². The summed E-state index contributed by atoms with van der Waals surface area (Å²) in [6, 6.07) is 1.55. The number of piperidine rings is 2. The van der Waals surface area contributed by atoms with E-state index in [0.717, 1.165) is 18.5 Å². The van der Waals surface area contributed by atoms with E-state index in [9.17, 15) is 0 Å². The molecule has 0 radical (unpaired) electrons. The lowest BCUT2D eigenvalue weighted by molar-refractivity contribution is 0.126. The molecule has 2 rings (SSSR count). The molecule has 2 atom stereocenters. The van der Waals surface area contributed by atoms with Crippen LogP contribution in [0.1, 0.15) is 52.4 Å². The molecule has 0 bridgehead atoms. The molecular weight excluding hydrogens is 246 g/mol. The second-order valence-corrected chi connectivity index (χ2v) is 6.94. The smallest absolute Gasteiger partial charge is 0.0104 e. The lowest BCUT2D eigenvalue weighted by atomic mass is 9.90. The first-order chi connectivity index (χ1) is 9.70. The van der Waals surface area contributed by atoms with Crippen LogP contribution in [-0.4, -0.2) is 61.7 Å². The Balaban J connectivity index is 1.64. The van der Waals surface area contributed by atoms with Crippen LogP contribution in [-0.2, 0) is 0 Å². The first-order valence-corrected chi connectivity index (χ1v) is 8.86. The first kappa shape index (κ1) is 16.3. The quantitative estimate of drug-likeness (QED) is 0.807. The normalized spacial score (nSPS) is 28.6. The third kappa shape index (κ3) is 4.71. The van der Waals surface area contributed by atoms with E-state index in [0.29, 0.717) is 6.04 Å². The number of nitrogens with zero attached hydrogens (tertiary/aromatic N) is 2. The summed E-state index contributed by atoms with van der Waals surface area (Å²) < 4.78 is 0. The summed E-state index contributed by atoms with van der Waals surface area (Å²) in [7, 11) is 2.31. The molecule has 0 amide bonds. The van der Waals surface area contributed by atoms with Crippen molar-refractivity contribution in [3.63, 3.8) is 0 Å². The lowest BCUT2D eigenvalue weighted by Crippen LogP contribution is -2.44. The molecule has 0 aromatic heterocycles. The number of likely N-dealkylation sites (tertiary alicyclic amines) is 2. The van der Waals surface area contributed by atoms with Crippen molar-refractivity contribution in [1.29, 1.82) is 0 Å². The summed E-state index contributed by atoms with van der Waals surface area (Å²) in [4.78, 5) is 5.29. The van der Waals surface area contributed by atoms with Crippen LogP contribution in [0.25, 0.3) is 0 Å². The van der Waals surface area contributed by atoms with Crippen molar-refractivity contribution in [3.05, 3.63) is 0 Å². The van der Waals surface area contributed by atoms with Gasteiger partial charge in [0.15, 0.2) is 0 Å². The molecule has 1 N–H and O–H groups in total. The van der Waals surface area contributed by atoms with E-state index >= 15 is 0 Å². The van der Waals surface area contributed by atoms with Crippen LogP contribution < -0.4 is 5.32 Å². The van der Waals surface area contributed by atoms with Gasteiger partial charge in [0.05, 0.1) is 0 Å². The number of hydrogen-bond acceptors (Lipinski definition) is 3. The van der Waals surface area contributed by atoms with Crippen molar-refractivity contribution < 1.29 is 0 Å². The zero-order valence-electron chi connectivity index (χ0n) is 13.9. The van der Waals surface area contributed by atoms with Gasteiger partial charge in [-0.2, -0.15) is 0 Å². The molecule has 3 nitrogen and oxygen atoms in total. The Labute approximate surface area is 126 Å². The maximum Gasteiger partial charge on any atom is 0.0104 e. The van der Waals surface area contributed by atoms with E-state index in [-0.39, 0.29) is 0 Å². The number of nitrogens with one attached hydrogen (secondary N) is 1. The third-order valence-electron chi connectivity index (χ3n) is 5.57. The molecule has 2 heterocycles. The highest BCUT2D eigenvalue weighted by Crippen LogP contribution is 2.22. The molecule has 3 heteroatoms. The molecule has 0 saturated carbocycles. The largest absolute Gasteiger partial charge is 0.314 e. The predicted octanol–water partition coefficient (Wildman–Crippen LogP) is 2.57. The van der Waals surface area contributed by atoms with Crippen LogP contribution in [0.4, 0.5) is 0 Å². The average Bonchev–Trinajstić information content (AvgIpc) is 2.47. The molecule has 2 unspecified atom stereocenters. The van der Waals surface area contributed by atoms with Crippen molar-refractivity contribution in [2.45, 2.75) is 64.5 Å². The van der Waals surface area contributed by atoms with E-state index in [2.05, 4.69) is 36.0 Å². The van der Waals surface area contributed by atoms with Gasteiger partial charge in [-0.25, -0.2) is 0 Å². The molecule has 20 heavy (non-hydrogen) atoms. The average molecular weight is 281 g/mol. The van der Waals surface area contributed by atoms with Gasteiger partial charge in [0.1, 0.15) is 0 Å². The summed E-state index contributed by atoms with van der Waals surface area (Å²) in [6.45, 7) is 10.9. The van der Waals surface area contributed by atoms with Crippen LogP contribution in [0.2, 0.25) is 0 Å². The van der Waals surface area contributed by atoms with Gasteiger partial charge in [0, 0.05) is 12.1 Å². The maximum absolute atomic E-state index is 3.59. The highest BCUT2D eigenvalue weighted by molar-refractivity contribution is 4.81. The Bertz CT molecular complexity index is 261. The molecule has 118 valence electrons. The molecule has 2 fully saturated rings. The molecular formula is C17H35N3. The Kier molecular flexibility index (Phi) is 6.79. The summed E-state index contributed by atoms with van der Waals surface area (Å²) >= 11 is 0. The maximum atomic E-state index is 3.59. The fourth-order valence-corrected chi connectivity index (χ4v) is 4.01. The van der Waals surface area contributed by atoms with E-state index in [1.165, 1.54) is 64.7 Å². The van der Waals surface area contributed by atoms with Crippen molar-refractivity contribution in [3.8, 4) is 0 Å². The van der Waals surface area contributed by atoms with Crippen molar-refractivity contribution >= 4 is 0 Å². The minimum Gasteiger partial charge on any atom is -0.314 e. The summed E-state index contributed by atoms with van der Waals surface area (Å²) in [6.07, 6.45) is 8.41. The number of rotatable bonds is 6. The highest BCUT2D eigenvalue weighted by Gasteiger charge is 2.24. The SMILES string of the molecule is CCNC(C)C1CCN(CCC2CCCCN2C)CC1. The van der Waals surface area contributed by atoms with Crippen LogP contribution in [0.3, 0.4) is 0 Å². The van der Waals surface area contributed by atoms with E-state index in [1.807, 2.05) is 0 Å². The molecule has 0 aromatic carbocycles. The zero-order valence-corrected chi connectivity index (χ0v) is 13.9. The fraction of sp³-hybridized carbons (Fsp3) is 1.00. The monoisotopic (exact) mass is 281 g/mol. The van der Waals surface area contributed by atoms with Gasteiger partial charge in [-0.15, -0.1) is 0 Å². The van der Waals surface area contributed by atoms with Gasteiger partial charge >= 0.3 is 0 Å². The summed E-state index contributed by atoms with van der Waals surface area (Å²) in [5.74, 6) is 0.892. The van der Waals surface area contributed by atoms with E-state index < -0.39 is 0 Å². The zero-order chi connectivity index (χ0) is 14.4. The molecule has 2 aliphatic heterocycles. The Morgan fingerprint density at radius 1 is 1.10 bits per heavy atom. The summed E-state index contributed by atoms with van der Waals surface area (Å²) in [5.41, 5.74) is 0. The minimum absolute atomic E-state index is 0.701. The first-order valence-electron chi connectivity index (χ1n) is 8.86. The molecule has 2 saturated heterocycles.